The molecule has 2 heterocycles. The van der Waals surface area contributed by atoms with Gasteiger partial charge in [-0.1, -0.05) is 0 Å². The van der Waals surface area contributed by atoms with Crippen LogP contribution in [0.2, 0.25) is 0 Å². The van der Waals surface area contributed by atoms with E-state index < -0.39 is 0 Å². The van der Waals surface area contributed by atoms with Crippen LogP contribution < -0.4 is 10.6 Å². The predicted molar refractivity (Wildman–Crippen MR) is 63.2 cm³/mol. The highest BCUT2D eigenvalue weighted by molar-refractivity contribution is 5.96. The number of carbonyl (C=O) groups is 1. The van der Waals surface area contributed by atoms with Crippen LogP contribution in [-0.2, 0) is 4.79 Å². The van der Waals surface area contributed by atoms with Crippen molar-refractivity contribution in [1.82, 2.24) is 4.98 Å². The standard InChI is InChI=1S/C12H17N3O/c1-8-9(2)14-4-3-11(8)15-7-10(6-13)5-12(15)16/h3-4,10H,5-7,13H2,1-2H3. The lowest BCUT2D eigenvalue weighted by Gasteiger charge is -2.19. The third kappa shape index (κ3) is 1.80. The molecule has 0 aliphatic carbocycles. The second kappa shape index (κ2) is 4.22. The molecule has 1 aliphatic rings. The van der Waals surface area contributed by atoms with Gasteiger partial charge in [-0.15, -0.1) is 0 Å². The van der Waals surface area contributed by atoms with Crippen molar-refractivity contribution in [1.29, 1.82) is 0 Å². The molecule has 0 aromatic carbocycles. The first-order chi connectivity index (χ1) is 7.63. The molecule has 4 nitrogen and oxygen atoms in total. The summed E-state index contributed by atoms with van der Waals surface area (Å²) in [5.74, 6) is 0.463. The minimum absolute atomic E-state index is 0.171. The van der Waals surface area contributed by atoms with Crippen LogP contribution in [0.4, 0.5) is 5.69 Å². The van der Waals surface area contributed by atoms with Gasteiger partial charge in [-0.3, -0.25) is 9.78 Å². The summed E-state index contributed by atoms with van der Waals surface area (Å²) in [5, 5.41) is 0. The van der Waals surface area contributed by atoms with Crippen molar-refractivity contribution in [2.24, 2.45) is 11.7 Å². The molecule has 0 bridgehead atoms. The van der Waals surface area contributed by atoms with E-state index in [0.29, 0.717) is 18.9 Å². The number of pyridine rings is 1. The van der Waals surface area contributed by atoms with Gasteiger partial charge in [0.25, 0.3) is 0 Å². The van der Waals surface area contributed by atoms with Crippen molar-refractivity contribution >= 4 is 11.6 Å². The Kier molecular flexibility index (Phi) is 2.92. The Balaban J connectivity index is 2.31. The summed E-state index contributed by atoms with van der Waals surface area (Å²) in [6.45, 7) is 5.27. The number of nitrogens with zero attached hydrogens (tertiary/aromatic N) is 2. The first-order valence-electron chi connectivity index (χ1n) is 5.56. The zero-order chi connectivity index (χ0) is 11.7. The fourth-order valence-corrected chi connectivity index (χ4v) is 2.09. The Morgan fingerprint density at radius 2 is 2.31 bits per heavy atom. The van der Waals surface area contributed by atoms with E-state index in [0.717, 1.165) is 23.5 Å². The summed E-state index contributed by atoms with van der Waals surface area (Å²) in [7, 11) is 0. The summed E-state index contributed by atoms with van der Waals surface area (Å²) >= 11 is 0. The summed E-state index contributed by atoms with van der Waals surface area (Å²) in [5.41, 5.74) is 8.64. The number of nitrogens with two attached hydrogens (primary N) is 1. The van der Waals surface area contributed by atoms with E-state index in [1.807, 2.05) is 24.8 Å². The Morgan fingerprint density at radius 3 is 2.94 bits per heavy atom. The van der Waals surface area contributed by atoms with Crippen LogP contribution >= 0.6 is 0 Å². The van der Waals surface area contributed by atoms with Gasteiger partial charge in [0.1, 0.15) is 0 Å². The predicted octanol–water partition coefficient (Wildman–Crippen LogP) is 1.01. The van der Waals surface area contributed by atoms with Crippen LogP contribution in [0.5, 0.6) is 0 Å². The van der Waals surface area contributed by atoms with Crippen molar-refractivity contribution in [2.75, 3.05) is 18.0 Å². The molecule has 2 rings (SSSR count). The smallest absolute Gasteiger partial charge is 0.227 e. The van der Waals surface area contributed by atoms with Crippen LogP contribution in [0.25, 0.3) is 0 Å². The SMILES string of the molecule is Cc1nccc(N2CC(CN)CC2=O)c1C. The number of amides is 1. The first-order valence-corrected chi connectivity index (χ1v) is 5.56. The molecule has 4 heteroatoms. The monoisotopic (exact) mass is 219 g/mol. The van der Waals surface area contributed by atoms with Gasteiger partial charge in [0, 0.05) is 30.5 Å². The van der Waals surface area contributed by atoms with Gasteiger partial charge >= 0.3 is 0 Å². The minimum atomic E-state index is 0.171. The summed E-state index contributed by atoms with van der Waals surface area (Å²) in [6.07, 6.45) is 2.32. The number of aryl methyl sites for hydroxylation is 1. The van der Waals surface area contributed by atoms with Crippen LogP contribution in [-0.4, -0.2) is 24.0 Å². The van der Waals surface area contributed by atoms with Crippen molar-refractivity contribution in [3.8, 4) is 0 Å². The summed E-state index contributed by atoms with van der Waals surface area (Å²) in [6, 6.07) is 1.90. The lowest BCUT2D eigenvalue weighted by Crippen LogP contribution is -2.26. The molecule has 1 aromatic rings. The number of carbonyl (C=O) groups excluding carboxylic acids is 1. The van der Waals surface area contributed by atoms with E-state index in [-0.39, 0.29) is 5.91 Å². The average Bonchev–Trinajstić information content (AvgIpc) is 2.64. The fourth-order valence-electron chi connectivity index (χ4n) is 2.09. The fraction of sp³-hybridized carbons (Fsp3) is 0.500. The molecule has 1 fully saturated rings. The summed E-state index contributed by atoms with van der Waals surface area (Å²) < 4.78 is 0. The zero-order valence-corrected chi connectivity index (χ0v) is 9.73. The van der Waals surface area contributed by atoms with Crippen molar-refractivity contribution in [3.63, 3.8) is 0 Å². The van der Waals surface area contributed by atoms with Crippen molar-refractivity contribution in [3.05, 3.63) is 23.5 Å². The average molecular weight is 219 g/mol. The van der Waals surface area contributed by atoms with Crippen molar-refractivity contribution in [2.45, 2.75) is 20.3 Å². The Bertz CT molecular complexity index is 417. The quantitative estimate of drug-likeness (QED) is 0.807. The number of hydrogen-bond donors (Lipinski definition) is 1. The molecule has 1 saturated heterocycles. The Hall–Kier alpha value is -1.42. The minimum Gasteiger partial charge on any atom is -0.330 e. The molecule has 86 valence electrons. The van der Waals surface area contributed by atoms with Gasteiger partial charge in [-0.05, 0) is 37.9 Å². The van der Waals surface area contributed by atoms with E-state index in [9.17, 15) is 4.79 Å². The maximum Gasteiger partial charge on any atom is 0.227 e. The van der Waals surface area contributed by atoms with E-state index in [2.05, 4.69) is 4.98 Å². The Labute approximate surface area is 95.5 Å². The molecule has 16 heavy (non-hydrogen) atoms. The molecule has 1 unspecified atom stereocenters. The third-order valence-electron chi connectivity index (χ3n) is 3.26. The van der Waals surface area contributed by atoms with Gasteiger partial charge in [-0.2, -0.15) is 0 Å². The van der Waals surface area contributed by atoms with Gasteiger partial charge in [0.2, 0.25) is 5.91 Å². The van der Waals surface area contributed by atoms with Crippen LogP contribution in [0, 0.1) is 19.8 Å². The normalized spacial score (nSPS) is 20.6. The van der Waals surface area contributed by atoms with Gasteiger partial charge in [0.05, 0.1) is 0 Å². The number of hydrogen-bond acceptors (Lipinski definition) is 3. The lowest BCUT2D eigenvalue weighted by atomic mass is 10.1. The zero-order valence-electron chi connectivity index (χ0n) is 9.73. The van der Waals surface area contributed by atoms with Gasteiger partial charge < -0.3 is 10.6 Å². The molecule has 0 spiro atoms. The molecule has 0 saturated carbocycles. The maximum absolute atomic E-state index is 11.9. The topological polar surface area (TPSA) is 59.2 Å². The molecule has 1 aromatic heterocycles. The summed E-state index contributed by atoms with van der Waals surface area (Å²) in [4.78, 5) is 17.9. The number of rotatable bonds is 2. The molecule has 1 atom stereocenters. The number of anilines is 1. The molecule has 2 N–H and O–H groups in total. The van der Waals surface area contributed by atoms with Crippen LogP contribution in [0.15, 0.2) is 12.3 Å². The maximum atomic E-state index is 11.9. The van der Waals surface area contributed by atoms with Gasteiger partial charge in [-0.25, -0.2) is 0 Å². The highest BCUT2D eigenvalue weighted by atomic mass is 16.2. The highest BCUT2D eigenvalue weighted by Gasteiger charge is 2.30. The van der Waals surface area contributed by atoms with E-state index in [4.69, 9.17) is 5.73 Å². The molecule has 0 radical (unpaired) electrons. The molecular weight excluding hydrogens is 202 g/mol. The van der Waals surface area contributed by atoms with Gasteiger partial charge in [0.15, 0.2) is 0 Å². The second-order valence-corrected chi connectivity index (χ2v) is 4.35. The van der Waals surface area contributed by atoms with E-state index in [1.54, 1.807) is 6.20 Å². The third-order valence-corrected chi connectivity index (χ3v) is 3.26. The van der Waals surface area contributed by atoms with E-state index >= 15 is 0 Å². The lowest BCUT2D eigenvalue weighted by molar-refractivity contribution is -0.117. The largest absolute Gasteiger partial charge is 0.330 e. The molecular formula is C12H17N3O. The molecule has 1 aliphatic heterocycles. The second-order valence-electron chi connectivity index (χ2n) is 4.35. The van der Waals surface area contributed by atoms with E-state index in [1.165, 1.54) is 0 Å². The number of aromatic nitrogens is 1. The van der Waals surface area contributed by atoms with Crippen LogP contribution in [0.3, 0.4) is 0 Å². The molecule has 1 amide bonds. The van der Waals surface area contributed by atoms with Crippen molar-refractivity contribution < 1.29 is 4.79 Å². The Morgan fingerprint density at radius 1 is 1.56 bits per heavy atom. The van der Waals surface area contributed by atoms with Crippen LogP contribution in [0.1, 0.15) is 17.7 Å². The highest BCUT2D eigenvalue weighted by Crippen LogP contribution is 2.27. The first kappa shape index (κ1) is 11.1.